The Bertz CT molecular complexity index is 1250. The molecule has 0 unspecified atom stereocenters. The van der Waals surface area contributed by atoms with E-state index < -0.39 is 5.63 Å². The lowest BCUT2D eigenvalue weighted by Crippen LogP contribution is -2.13. The van der Waals surface area contributed by atoms with Crippen LogP contribution >= 0.6 is 22.9 Å². The molecule has 0 spiro atoms. The second-order valence-electron chi connectivity index (χ2n) is 6.02. The van der Waals surface area contributed by atoms with Crippen LogP contribution in [0.25, 0.3) is 22.2 Å². The van der Waals surface area contributed by atoms with Gasteiger partial charge in [-0.25, -0.2) is 9.78 Å². The third-order valence-electron chi connectivity index (χ3n) is 4.07. The highest BCUT2D eigenvalue weighted by atomic mass is 35.5. The lowest BCUT2D eigenvalue weighted by molar-refractivity contribution is 0.473. The van der Waals surface area contributed by atoms with Crippen LogP contribution in [0.5, 0.6) is 5.75 Å². The van der Waals surface area contributed by atoms with Crippen LogP contribution < -0.4 is 11.1 Å². The summed E-state index contributed by atoms with van der Waals surface area (Å²) in [5.74, 6) is 0.0377. The number of phenols is 1. The number of halogens is 1. The van der Waals surface area contributed by atoms with Crippen molar-refractivity contribution in [1.82, 2.24) is 4.98 Å². The first-order valence-corrected chi connectivity index (χ1v) is 9.54. The van der Waals surface area contributed by atoms with Crippen molar-refractivity contribution in [3.05, 3.63) is 74.9 Å². The van der Waals surface area contributed by atoms with E-state index in [-0.39, 0.29) is 5.75 Å². The standard InChI is InChI=1S/C20H14ClN3O3S/c1-11(16-8-13-4-7-15(25)9-18(13)27-19(16)26)23-24-20-22-17(10-28-20)12-2-5-14(21)6-3-12/h2-10,25H,1H3,(H,22,24)/b23-11+. The molecule has 4 rings (SSSR count). The Morgan fingerprint density at radius 3 is 2.79 bits per heavy atom. The Labute approximate surface area is 168 Å². The fraction of sp³-hybridized carbons (Fsp3) is 0.0500. The minimum absolute atomic E-state index is 0.0377. The normalized spacial score (nSPS) is 11.7. The number of hydrazone groups is 1. The predicted octanol–water partition coefficient (Wildman–Crippen LogP) is 5.11. The van der Waals surface area contributed by atoms with Crippen LogP contribution in [-0.4, -0.2) is 15.8 Å². The van der Waals surface area contributed by atoms with Crippen molar-refractivity contribution >= 4 is 44.8 Å². The molecular formula is C20H14ClN3O3S. The molecule has 2 aromatic heterocycles. The summed E-state index contributed by atoms with van der Waals surface area (Å²) >= 11 is 7.31. The number of nitrogens with zero attached hydrogens (tertiary/aromatic N) is 2. The van der Waals surface area contributed by atoms with E-state index in [1.54, 1.807) is 19.1 Å². The topological polar surface area (TPSA) is 87.7 Å². The van der Waals surface area contributed by atoms with E-state index in [4.69, 9.17) is 16.0 Å². The number of anilines is 1. The largest absolute Gasteiger partial charge is 0.508 e. The highest BCUT2D eigenvalue weighted by Crippen LogP contribution is 2.26. The van der Waals surface area contributed by atoms with Gasteiger partial charge in [-0.1, -0.05) is 23.7 Å². The SMILES string of the molecule is C/C(=N\Nc1nc(-c2ccc(Cl)cc2)cs1)c1cc2ccc(O)cc2oc1=O. The monoisotopic (exact) mass is 411 g/mol. The number of nitrogens with one attached hydrogen (secondary N) is 1. The zero-order valence-corrected chi connectivity index (χ0v) is 16.2. The van der Waals surface area contributed by atoms with Crippen molar-refractivity contribution in [2.24, 2.45) is 5.10 Å². The maximum atomic E-state index is 12.2. The maximum Gasteiger partial charge on any atom is 0.345 e. The van der Waals surface area contributed by atoms with Gasteiger partial charge in [0.1, 0.15) is 11.3 Å². The van der Waals surface area contributed by atoms with Gasteiger partial charge in [0.25, 0.3) is 0 Å². The van der Waals surface area contributed by atoms with E-state index in [1.165, 1.54) is 23.5 Å². The fourth-order valence-corrected chi connectivity index (χ4v) is 3.41. The zero-order chi connectivity index (χ0) is 19.7. The third kappa shape index (κ3) is 3.76. The van der Waals surface area contributed by atoms with E-state index in [9.17, 15) is 9.90 Å². The molecule has 140 valence electrons. The smallest absolute Gasteiger partial charge is 0.345 e. The van der Waals surface area contributed by atoms with Crippen molar-refractivity contribution in [2.75, 3.05) is 5.43 Å². The Morgan fingerprint density at radius 2 is 2.00 bits per heavy atom. The van der Waals surface area contributed by atoms with Gasteiger partial charge in [0.15, 0.2) is 0 Å². The van der Waals surface area contributed by atoms with E-state index >= 15 is 0 Å². The van der Waals surface area contributed by atoms with Gasteiger partial charge in [0, 0.05) is 27.4 Å². The minimum atomic E-state index is -0.526. The van der Waals surface area contributed by atoms with Crippen LogP contribution in [0.2, 0.25) is 5.02 Å². The Balaban J connectivity index is 1.57. The van der Waals surface area contributed by atoms with Crippen molar-refractivity contribution < 1.29 is 9.52 Å². The van der Waals surface area contributed by atoms with Crippen LogP contribution in [0.4, 0.5) is 5.13 Å². The first-order valence-electron chi connectivity index (χ1n) is 8.28. The second kappa shape index (κ2) is 7.46. The molecule has 2 heterocycles. The summed E-state index contributed by atoms with van der Waals surface area (Å²) in [6.45, 7) is 1.71. The molecule has 8 heteroatoms. The van der Waals surface area contributed by atoms with Crippen LogP contribution in [0.15, 0.2) is 68.2 Å². The number of phenolic OH excluding ortho intramolecular Hbond substituents is 1. The average Bonchev–Trinajstić information content (AvgIpc) is 3.15. The first kappa shape index (κ1) is 18.2. The van der Waals surface area contributed by atoms with E-state index in [2.05, 4.69) is 15.5 Å². The summed E-state index contributed by atoms with van der Waals surface area (Å²) in [6, 6.07) is 13.7. The molecular weight excluding hydrogens is 398 g/mol. The van der Waals surface area contributed by atoms with Crippen molar-refractivity contribution in [3.8, 4) is 17.0 Å². The molecule has 0 aliphatic heterocycles. The molecule has 6 nitrogen and oxygen atoms in total. The van der Waals surface area contributed by atoms with E-state index in [1.807, 2.05) is 29.6 Å². The molecule has 28 heavy (non-hydrogen) atoms. The van der Waals surface area contributed by atoms with Gasteiger partial charge < -0.3 is 9.52 Å². The molecule has 0 radical (unpaired) electrons. The molecule has 0 fully saturated rings. The maximum absolute atomic E-state index is 12.2. The Hall–Kier alpha value is -3.16. The molecule has 0 saturated heterocycles. The van der Waals surface area contributed by atoms with Crippen molar-refractivity contribution in [3.63, 3.8) is 0 Å². The zero-order valence-electron chi connectivity index (χ0n) is 14.6. The van der Waals surface area contributed by atoms with Crippen molar-refractivity contribution in [1.29, 1.82) is 0 Å². The number of aromatic nitrogens is 1. The van der Waals surface area contributed by atoms with Crippen LogP contribution in [-0.2, 0) is 0 Å². The highest BCUT2D eigenvalue weighted by Gasteiger charge is 2.10. The van der Waals surface area contributed by atoms with Gasteiger partial charge in [-0.2, -0.15) is 5.10 Å². The average molecular weight is 412 g/mol. The van der Waals surface area contributed by atoms with Gasteiger partial charge >= 0.3 is 5.63 Å². The minimum Gasteiger partial charge on any atom is -0.508 e. The molecule has 2 N–H and O–H groups in total. The highest BCUT2D eigenvalue weighted by molar-refractivity contribution is 7.14. The molecule has 0 atom stereocenters. The van der Waals surface area contributed by atoms with Gasteiger partial charge in [0.2, 0.25) is 5.13 Å². The number of benzene rings is 2. The van der Waals surface area contributed by atoms with E-state index in [0.29, 0.717) is 32.4 Å². The molecule has 0 bridgehead atoms. The summed E-state index contributed by atoms with van der Waals surface area (Å²) in [7, 11) is 0. The number of thiazole rings is 1. The van der Waals surface area contributed by atoms with Crippen molar-refractivity contribution in [2.45, 2.75) is 6.92 Å². The lowest BCUT2D eigenvalue weighted by Gasteiger charge is -2.03. The van der Waals surface area contributed by atoms with E-state index in [0.717, 1.165) is 11.3 Å². The summed E-state index contributed by atoms with van der Waals surface area (Å²) in [5, 5.41) is 17.6. The van der Waals surface area contributed by atoms with Gasteiger partial charge in [-0.05, 0) is 37.3 Å². The Morgan fingerprint density at radius 1 is 1.21 bits per heavy atom. The molecule has 0 aliphatic carbocycles. The van der Waals surface area contributed by atoms with Crippen LogP contribution in [0, 0.1) is 0 Å². The second-order valence-corrected chi connectivity index (χ2v) is 7.32. The summed E-state index contributed by atoms with van der Waals surface area (Å²) in [4.78, 5) is 16.7. The summed E-state index contributed by atoms with van der Waals surface area (Å²) < 4.78 is 5.27. The number of hydrogen-bond acceptors (Lipinski definition) is 7. The number of aromatic hydroxyl groups is 1. The van der Waals surface area contributed by atoms with Gasteiger partial charge in [0.05, 0.1) is 17.0 Å². The molecule has 4 aromatic rings. The predicted molar refractivity (Wildman–Crippen MR) is 113 cm³/mol. The summed E-state index contributed by atoms with van der Waals surface area (Å²) in [6.07, 6.45) is 0. The molecule has 0 saturated carbocycles. The quantitative estimate of drug-likeness (QED) is 0.277. The lowest BCUT2D eigenvalue weighted by atomic mass is 10.1. The third-order valence-corrected chi connectivity index (χ3v) is 5.07. The molecule has 0 aliphatic rings. The first-order chi connectivity index (χ1) is 13.5. The van der Waals surface area contributed by atoms with Gasteiger partial charge in [-0.15, -0.1) is 11.3 Å². The number of hydrogen-bond donors (Lipinski definition) is 2. The number of rotatable bonds is 4. The molecule has 2 aromatic carbocycles. The number of fused-ring (bicyclic) bond motifs is 1. The molecule has 0 amide bonds. The van der Waals surface area contributed by atoms with Crippen LogP contribution in [0.1, 0.15) is 12.5 Å². The van der Waals surface area contributed by atoms with Crippen LogP contribution in [0.3, 0.4) is 0 Å². The fourth-order valence-electron chi connectivity index (χ4n) is 2.62. The summed E-state index contributed by atoms with van der Waals surface area (Å²) in [5.41, 5.74) is 5.23. The van der Waals surface area contributed by atoms with Gasteiger partial charge in [-0.3, -0.25) is 5.43 Å². The Kier molecular flexibility index (Phi) is 4.85.